The molecule has 238 valence electrons. The molecule has 2 heterocycles. The van der Waals surface area contributed by atoms with Gasteiger partial charge in [-0.15, -0.1) is 0 Å². The molecule has 4 aromatic carbocycles. The average Bonchev–Trinajstić information content (AvgIpc) is 3.32. The van der Waals surface area contributed by atoms with Crippen molar-refractivity contribution in [2.45, 2.75) is 39.0 Å². The number of rotatable bonds is 9. The van der Waals surface area contributed by atoms with Gasteiger partial charge in [-0.2, -0.15) is 0 Å². The van der Waals surface area contributed by atoms with E-state index < -0.39 is 11.7 Å². The molecule has 0 saturated carbocycles. The molecule has 0 atom stereocenters. The van der Waals surface area contributed by atoms with E-state index in [0.717, 1.165) is 39.1 Å². The fourth-order valence-electron chi connectivity index (χ4n) is 5.30. The number of anilines is 2. The van der Waals surface area contributed by atoms with Gasteiger partial charge in [-0.1, -0.05) is 72.8 Å². The Hall–Kier alpha value is -5.83. The third-order valence-electron chi connectivity index (χ3n) is 7.56. The Kier molecular flexibility index (Phi) is 8.79. The van der Waals surface area contributed by atoms with Gasteiger partial charge in [0.25, 0.3) is 0 Å². The number of aromatic nitrogens is 3. The molecule has 1 amide bonds. The third-order valence-corrected chi connectivity index (χ3v) is 7.56. The van der Waals surface area contributed by atoms with Crippen LogP contribution >= 0.6 is 0 Å². The normalized spacial score (nSPS) is 11.4. The number of nitrogens with one attached hydrogen (secondary N) is 2. The number of pyridine rings is 1. The van der Waals surface area contributed by atoms with Crippen LogP contribution in [0.15, 0.2) is 126 Å². The van der Waals surface area contributed by atoms with Crippen molar-refractivity contribution < 1.29 is 14.3 Å². The van der Waals surface area contributed by atoms with Gasteiger partial charge in [0, 0.05) is 31.0 Å². The molecule has 0 aliphatic rings. The summed E-state index contributed by atoms with van der Waals surface area (Å²) in [5, 5.41) is 6.17. The molecule has 47 heavy (non-hydrogen) atoms. The van der Waals surface area contributed by atoms with Gasteiger partial charge in [-0.3, -0.25) is 9.13 Å². The van der Waals surface area contributed by atoms with Gasteiger partial charge in [0.1, 0.15) is 5.60 Å². The number of hydrogen-bond acceptors (Lipinski definition) is 6. The molecule has 0 radical (unpaired) electrons. The number of carbonyl (C=O) groups is 1. The van der Waals surface area contributed by atoms with Crippen LogP contribution in [-0.4, -0.2) is 25.8 Å². The maximum atomic E-state index is 13.4. The molecule has 9 nitrogen and oxygen atoms in total. The molecular formula is C38H37N5O4. The molecular weight excluding hydrogens is 590 g/mol. The summed E-state index contributed by atoms with van der Waals surface area (Å²) in [6, 6.07) is 37.3. The molecule has 0 bridgehead atoms. The number of imidazole rings is 1. The van der Waals surface area contributed by atoms with E-state index >= 15 is 0 Å². The molecule has 9 heteroatoms. The van der Waals surface area contributed by atoms with Crippen LogP contribution in [0.25, 0.3) is 16.7 Å². The summed E-state index contributed by atoms with van der Waals surface area (Å²) in [6.45, 7) is 5.85. The molecule has 6 rings (SSSR count). The zero-order chi connectivity index (χ0) is 33.0. The fraction of sp³-hybridized carbons (Fsp3) is 0.184. The molecule has 0 aliphatic heterocycles. The topological polar surface area (TPSA) is 99.4 Å². The first kappa shape index (κ1) is 31.2. The first-order valence-electron chi connectivity index (χ1n) is 15.4. The van der Waals surface area contributed by atoms with Crippen LogP contribution < -0.4 is 21.1 Å². The highest BCUT2D eigenvalue weighted by Gasteiger charge is 2.18. The Morgan fingerprint density at radius 3 is 2.04 bits per heavy atom. The monoisotopic (exact) mass is 627 g/mol. The lowest BCUT2D eigenvalue weighted by Crippen LogP contribution is -2.32. The highest BCUT2D eigenvalue weighted by molar-refractivity contribution is 5.83. The summed E-state index contributed by atoms with van der Waals surface area (Å²) in [4.78, 5) is 30.0. The minimum Gasteiger partial charge on any atom is -0.465 e. The zero-order valence-corrected chi connectivity index (χ0v) is 26.8. The van der Waals surface area contributed by atoms with Gasteiger partial charge in [0.2, 0.25) is 5.88 Å². The number of fused-ring (bicyclic) bond motifs is 1. The minimum absolute atomic E-state index is 0.180. The number of amides is 1. The summed E-state index contributed by atoms with van der Waals surface area (Å²) >= 11 is 0. The molecule has 0 spiro atoms. The summed E-state index contributed by atoms with van der Waals surface area (Å²) < 4.78 is 15.0. The molecule has 6 aromatic rings. The highest BCUT2D eigenvalue weighted by Crippen LogP contribution is 2.29. The summed E-state index contributed by atoms with van der Waals surface area (Å²) in [5.74, 6) is 0.456. The SMILES string of the molecule is Cn1c(=O)n(-c2ccc(OC(c3ccccc3)c3ccccc3)nc2)c2ccc(Nc3ccc(CNC(=O)OC(C)(C)C)cc3)cc21. The van der Waals surface area contributed by atoms with Gasteiger partial charge in [0.15, 0.2) is 6.10 Å². The van der Waals surface area contributed by atoms with Crippen LogP contribution in [0.3, 0.4) is 0 Å². The second-order valence-electron chi connectivity index (χ2n) is 12.2. The van der Waals surface area contributed by atoms with Gasteiger partial charge in [-0.25, -0.2) is 14.6 Å². The van der Waals surface area contributed by atoms with Crippen LogP contribution in [0.1, 0.15) is 43.6 Å². The van der Waals surface area contributed by atoms with E-state index in [1.807, 2.05) is 130 Å². The van der Waals surface area contributed by atoms with Gasteiger partial charge < -0.3 is 20.1 Å². The van der Waals surface area contributed by atoms with Crippen molar-refractivity contribution in [2.24, 2.45) is 7.05 Å². The number of carbonyl (C=O) groups excluding carboxylic acids is 1. The van der Waals surface area contributed by atoms with Crippen LogP contribution in [-0.2, 0) is 18.3 Å². The van der Waals surface area contributed by atoms with E-state index in [-0.39, 0.29) is 11.8 Å². The maximum absolute atomic E-state index is 13.4. The number of aryl methyl sites for hydroxylation is 1. The van der Waals surface area contributed by atoms with E-state index in [4.69, 9.17) is 9.47 Å². The predicted octanol–water partition coefficient (Wildman–Crippen LogP) is 7.66. The quantitative estimate of drug-likeness (QED) is 0.171. The largest absolute Gasteiger partial charge is 0.465 e. The highest BCUT2D eigenvalue weighted by atomic mass is 16.6. The summed E-state index contributed by atoms with van der Waals surface area (Å²) in [5.41, 5.74) is 6.13. The lowest BCUT2D eigenvalue weighted by atomic mass is 10.0. The van der Waals surface area contributed by atoms with Gasteiger partial charge in [-0.05, 0) is 73.9 Å². The summed E-state index contributed by atoms with van der Waals surface area (Å²) in [6.07, 6.45) is 0.881. The summed E-state index contributed by atoms with van der Waals surface area (Å²) in [7, 11) is 1.76. The van der Waals surface area contributed by atoms with Crippen molar-refractivity contribution in [3.63, 3.8) is 0 Å². The third kappa shape index (κ3) is 7.36. The van der Waals surface area contributed by atoms with Crippen molar-refractivity contribution in [1.29, 1.82) is 0 Å². The zero-order valence-electron chi connectivity index (χ0n) is 26.8. The van der Waals surface area contributed by atoms with Crippen LogP contribution in [0.2, 0.25) is 0 Å². The maximum Gasteiger partial charge on any atom is 0.407 e. The Balaban J connectivity index is 1.18. The second-order valence-corrected chi connectivity index (χ2v) is 12.2. The Bertz CT molecular complexity index is 1990. The van der Waals surface area contributed by atoms with Crippen molar-refractivity contribution in [2.75, 3.05) is 5.32 Å². The average molecular weight is 628 g/mol. The molecule has 0 saturated heterocycles. The molecule has 0 aliphatic carbocycles. The molecule has 2 aromatic heterocycles. The Labute approximate surface area is 273 Å². The standard InChI is InChI=1S/C38H37N5O4/c1-38(2,3)47-36(44)40-24-26-15-17-29(18-16-26)41-30-19-21-32-33(23-30)42(4)37(45)43(32)31-20-22-34(39-25-31)46-35(27-11-7-5-8-12-27)28-13-9-6-10-14-28/h5-23,25,35,41H,24H2,1-4H3,(H,40,44). The molecule has 2 N–H and O–H groups in total. The number of hydrogen-bond donors (Lipinski definition) is 2. The predicted molar refractivity (Wildman–Crippen MR) is 184 cm³/mol. The van der Waals surface area contributed by atoms with Crippen molar-refractivity contribution >= 4 is 28.5 Å². The minimum atomic E-state index is -0.546. The van der Waals surface area contributed by atoms with Gasteiger partial charge >= 0.3 is 11.8 Å². The molecule has 0 unspecified atom stereocenters. The first-order chi connectivity index (χ1) is 22.6. The van der Waals surface area contributed by atoms with E-state index in [1.165, 1.54) is 0 Å². The second kappa shape index (κ2) is 13.3. The fourth-order valence-corrected chi connectivity index (χ4v) is 5.30. The first-order valence-corrected chi connectivity index (χ1v) is 15.4. The van der Waals surface area contributed by atoms with E-state index in [1.54, 1.807) is 28.4 Å². The smallest absolute Gasteiger partial charge is 0.407 e. The van der Waals surface area contributed by atoms with E-state index in [9.17, 15) is 9.59 Å². The van der Waals surface area contributed by atoms with Crippen molar-refractivity contribution in [1.82, 2.24) is 19.4 Å². The number of ether oxygens (including phenoxy) is 2. The van der Waals surface area contributed by atoms with Crippen molar-refractivity contribution in [3.05, 3.63) is 149 Å². The lowest BCUT2D eigenvalue weighted by molar-refractivity contribution is 0.0523. The van der Waals surface area contributed by atoms with Crippen LogP contribution in [0, 0.1) is 0 Å². The Morgan fingerprint density at radius 2 is 1.45 bits per heavy atom. The van der Waals surface area contributed by atoms with Crippen molar-refractivity contribution in [3.8, 4) is 11.6 Å². The lowest BCUT2D eigenvalue weighted by Gasteiger charge is -2.19. The van der Waals surface area contributed by atoms with Crippen LogP contribution in [0.4, 0.5) is 16.2 Å². The van der Waals surface area contributed by atoms with Gasteiger partial charge in [0.05, 0.1) is 22.9 Å². The number of alkyl carbamates (subject to hydrolysis) is 1. The van der Waals surface area contributed by atoms with E-state index in [2.05, 4.69) is 15.6 Å². The van der Waals surface area contributed by atoms with E-state index in [0.29, 0.717) is 18.1 Å². The Morgan fingerprint density at radius 1 is 0.809 bits per heavy atom. The molecule has 0 fully saturated rings. The number of benzene rings is 4. The number of nitrogens with zero attached hydrogens (tertiary/aromatic N) is 3. The van der Waals surface area contributed by atoms with Crippen LogP contribution in [0.5, 0.6) is 5.88 Å².